The standard InChI is InChI=1S/C23H21F2N3/c24-19-5-6-20(25)18(11-19)14-28-21-12-27-13-22(28)23(21)17-3-1-15(2-4-17)16-7-9-26-10-8-16/h1-11,21-23,27H,12-14H2/t21-,22+,23?. The molecule has 0 aliphatic carbocycles. The van der Waals surface area contributed by atoms with Gasteiger partial charge in [0.25, 0.3) is 0 Å². The average molecular weight is 377 g/mol. The summed E-state index contributed by atoms with van der Waals surface area (Å²) in [6, 6.07) is 17.0. The van der Waals surface area contributed by atoms with E-state index in [1.807, 2.05) is 12.1 Å². The van der Waals surface area contributed by atoms with Gasteiger partial charge in [0.2, 0.25) is 0 Å². The van der Waals surface area contributed by atoms with E-state index in [4.69, 9.17) is 0 Å². The van der Waals surface area contributed by atoms with Crippen molar-refractivity contribution in [2.75, 3.05) is 13.1 Å². The molecule has 1 aromatic heterocycles. The van der Waals surface area contributed by atoms with Crippen molar-refractivity contribution >= 4 is 0 Å². The van der Waals surface area contributed by atoms with Crippen molar-refractivity contribution in [3.05, 3.63) is 89.8 Å². The largest absolute Gasteiger partial charge is 0.314 e. The highest BCUT2D eigenvalue weighted by Crippen LogP contribution is 2.43. The van der Waals surface area contributed by atoms with Gasteiger partial charge in [-0.25, -0.2) is 8.78 Å². The topological polar surface area (TPSA) is 28.2 Å². The summed E-state index contributed by atoms with van der Waals surface area (Å²) in [6.45, 7) is 2.18. The van der Waals surface area contributed by atoms with Gasteiger partial charge in [-0.3, -0.25) is 9.88 Å². The minimum atomic E-state index is -0.386. The predicted octanol–water partition coefficient (Wildman–Crippen LogP) is 3.97. The third kappa shape index (κ3) is 3.01. The second kappa shape index (κ2) is 7.08. The summed E-state index contributed by atoms with van der Waals surface area (Å²) in [5.41, 5.74) is 4.07. The van der Waals surface area contributed by atoms with Gasteiger partial charge in [0.1, 0.15) is 11.6 Å². The summed E-state index contributed by atoms with van der Waals surface area (Å²) in [5.74, 6) is -0.301. The lowest BCUT2D eigenvalue weighted by atomic mass is 9.72. The van der Waals surface area contributed by atoms with Gasteiger partial charge in [0.05, 0.1) is 0 Å². The molecule has 2 aliphatic rings. The first-order valence-corrected chi connectivity index (χ1v) is 9.61. The average Bonchev–Trinajstić information content (AvgIpc) is 2.75. The molecule has 2 aromatic carbocycles. The van der Waals surface area contributed by atoms with Gasteiger partial charge in [-0.05, 0) is 47.0 Å². The van der Waals surface area contributed by atoms with E-state index in [1.165, 1.54) is 29.3 Å². The molecule has 0 radical (unpaired) electrons. The molecule has 3 nitrogen and oxygen atoms in total. The van der Waals surface area contributed by atoms with E-state index in [1.54, 1.807) is 12.4 Å². The highest BCUT2D eigenvalue weighted by atomic mass is 19.1. The second-order valence-electron chi connectivity index (χ2n) is 7.58. The van der Waals surface area contributed by atoms with Crippen molar-refractivity contribution in [3.8, 4) is 11.1 Å². The lowest BCUT2D eigenvalue weighted by Crippen LogP contribution is -2.72. The Morgan fingerprint density at radius 2 is 1.57 bits per heavy atom. The number of nitrogens with one attached hydrogen (secondary N) is 1. The first kappa shape index (κ1) is 17.5. The van der Waals surface area contributed by atoms with E-state index in [0.29, 0.717) is 30.1 Å². The van der Waals surface area contributed by atoms with Crippen LogP contribution in [-0.4, -0.2) is 35.1 Å². The summed E-state index contributed by atoms with van der Waals surface area (Å²) < 4.78 is 27.6. The number of halogens is 2. The fraction of sp³-hybridized carbons (Fsp3) is 0.261. The van der Waals surface area contributed by atoms with Gasteiger partial charge in [-0.1, -0.05) is 24.3 Å². The van der Waals surface area contributed by atoms with Crippen LogP contribution in [0.5, 0.6) is 0 Å². The van der Waals surface area contributed by atoms with Gasteiger partial charge in [0, 0.05) is 55.6 Å². The van der Waals surface area contributed by atoms with E-state index >= 15 is 0 Å². The maximum atomic E-state index is 14.1. The van der Waals surface area contributed by atoms with Gasteiger partial charge in [0.15, 0.2) is 0 Å². The van der Waals surface area contributed by atoms with Crippen LogP contribution < -0.4 is 5.32 Å². The smallest absolute Gasteiger partial charge is 0.127 e. The molecule has 0 saturated carbocycles. The number of hydrogen-bond acceptors (Lipinski definition) is 3. The molecule has 2 fully saturated rings. The Bertz CT molecular complexity index is 963. The highest BCUT2D eigenvalue weighted by Gasteiger charge is 2.51. The van der Waals surface area contributed by atoms with E-state index in [0.717, 1.165) is 18.7 Å². The zero-order valence-corrected chi connectivity index (χ0v) is 15.4. The Hall–Kier alpha value is -2.63. The molecule has 0 spiro atoms. The zero-order valence-electron chi connectivity index (χ0n) is 15.4. The van der Waals surface area contributed by atoms with Crippen LogP contribution in [0.25, 0.3) is 11.1 Å². The second-order valence-corrected chi connectivity index (χ2v) is 7.58. The molecule has 3 atom stereocenters. The number of pyridine rings is 1. The molecule has 2 bridgehead atoms. The van der Waals surface area contributed by atoms with Gasteiger partial charge in [-0.15, -0.1) is 0 Å². The predicted molar refractivity (Wildman–Crippen MR) is 105 cm³/mol. The lowest BCUT2D eigenvalue weighted by molar-refractivity contribution is -0.0490. The molecule has 3 aromatic rings. The molecule has 1 N–H and O–H groups in total. The molecule has 5 rings (SSSR count). The van der Waals surface area contributed by atoms with Crippen LogP contribution in [0.3, 0.4) is 0 Å². The molecule has 5 heteroatoms. The van der Waals surface area contributed by atoms with Crippen LogP contribution in [0, 0.1) is 11.6 Å². The van der Waals surface area contributed by atoms with Crippen molar-refractivity contribution in [3.63, 3.8) is 0 Å². The minimum absolute atomic E-state index is 0.299. The first-order chi connectivity index (χ1) is 13.7. The Labute approximate surface area is 163 Å². The summed E-state index contributed by atoms with van der Waals surface area (Å²) in [7, 11) is 0. The molecule has 142 valence electrons. The van der Waals surface area contributed by atoms with Crippen molar-refractivity contribution in [2.24, 2.45) is 0 Å². The molecule has 3 heterocycles. The number of hydrogen-bond donors (Lipinski definition) is 1. The van der Waals surface area contributed by atoms with Crippen LogP contribution >= 0.6 is 0 Å². The zero-order chi connectivity index (χ0) is 19.1. The highest BCUT2D eigenvalue weighted by molar-refractivity contribution is 5.63. The number of aromatic nitrogens is 1. The molecule has 28 heavy (non-hydrogen) atoms. The lowest BCUT2D eigenvalue weighted by Gasteiger charge is -2.59. The Morgan fingerprint density at radius 3 is 2.29 bits per heavy atom. The van der Waals surface area contributed by atoms with Gasteiger partial charge < -0.3 is 5.32 Å². The summed E-state index contributed by atoms with van der Waals surface area (Å²) in [6.07, 6.45) is 3.60. The Balaban J connectivity index is 1.35. The number of piperidine rings is 1. The third-order valence-corrected chi connectivity index (χ3v) is 6.06. The van der Waals surface area contributed by atoms with Gasteiger partial charge in [-0.2, -0.15) is 0 Å². The molecular weight excluding hydrogens is 356 g/mol. The van der Waals surface area contributed by atoms with Crippen molar-refractivity contribution in [1.82, 2.24) is 15.2 Å². The van der Waals surface area contributed by atoms with Crippen LogP contribution in [0.2, 0.25) is 0 Å². The maximum Gasteiger partial charge on any atom is 0.127 e. The van der Waals surface area contributed by atoms with Crippen LogP contribution in [0.15, 0.2) is 67.0 Å². The monoisotopic (exact) mass is 377 g/mol. The Kier molecular flexibility index (Phi) is 4.41. The van der Waals surface area contributed by atoms with Gasteiger partial charge >= 0.3 is 0 Å². The van der Waals surface area contributed by atoms with E-state index in [-0.39, 0.29) is 11.6 Å². The van der Waals surface area contributed by atoms with Crippen molar-refractivity contribution < 1.29 is 8.78 Å². The minimum Gasteiger partial charge on any atom is -0.314 e. The van der Waals surface area contributed by atoms with E-state index in [2.05, 4.69) is 39.5 Å². The summed E-state index contributed by atoms with van der Waals surface area (Å²) in [5, 5.41) is 3.45. The number of nitrogens with zero attached hydrogens (tertiary/aromatic N) is 2. The fourth-order valence-electron chi connectivity index (χ4n) is 4.66. The van der Waals surface area contributed by atoms with Crippen molar-refractivity contribution in [1.29, 1.82) is 0 Å². The summed E-state index contributed by atoms with van der Waals surface area (Å²) in [4.78, 5) is 6.37. The molecular formula is C23H21F2N3. The summed E-state index contributed by atoms with van der Waals surface area (Å²) >= 11 is 0. The maximum absolute atomic E-state index is 14.1. The Morgan fingerprint density at radius 1 is 0.893 bits per heavy atom. The van der Waals surface area contributed by atoms with E-state index in [9.17, 15) is 8.78 Å². The van der Waals surface area contributed by atoms with E-state index < -0.39 is 0 Å². The number of fused-ring (bicyclic) bond motifs is 2. The molecule has 2 aliphatic heterocycles. The number of piperazine rings is 1. The third-order valence-electron chi connectivity index (χ3n) is 6.06. The molecule has 2 saturated heterocycles. The SMILES string of the molecule is Fc1ccc(F)c(CN2[C@@H]3CNC[C@H]2C3c2ccc(-c3ccncc3)cc2)c1. The first-order valence-electron chi connectivity index (χ1n) is 9.61. The van der Waals surface area contributed by atoms with Crippen LogP contribution in [0.4, 0.5) is 8.78 Å². The fourth-order valence-corrected chi connectivity index (χ4v) is 4.66. The molecule has 0 amide bonds. The molecule has 1 unspecified atom stereocenters. The van der Waals surface area contributed by atoms with Crippen molar-refractivity contribution in [2.45, 2.75) is 24.5 Å². The number of rotatable bonds is 4. The van der Waals surface area contributed by atoms with Crippen LogP contribution in [0.1, 0.15) is 17.0 Å². The normalized spacial score (nSPS) is 24.0. The number of benzene rings is 2. The van der Waals surface area contributed by atoms with Crippen LogP contribution in [-0.2, 0) is 6.54 Å². The quantitative estimate of drug-likeness (QED) is 0.746.